The number of carbonyl (C=O) groups excluding carboxylic acids is 1. The van der Waals surface area contributed by atoms with Gasteiger partial charge in [0.15, 0.2) is 0 Å². The Morgan fingerprint density at radius 3 is 2.36 bits per heavy atom. The number of nitrogens with zero attached hydrogens (tertiary/aromatic N) is 2. The summed E-state index contributed by atoms with van der Waals surface area (Å²) in [6, 6.07) is 11.9. The van der Waals surface area contributed by atoms with Crippen LogP contribution in [-0.2, 0) is 14.8 Å². The maximum absolute atomic E-state index is 12.3. The molecule has 0 bridgehead atoms. The van der Waals surface area contributed by atoms with Gasteiger partial charge in [0.25, 0.3) is 0 Å². The van der Waals surface area contributed by atoms with E-state index in [2.05, 4.69) is 15.1 Å². The maximum atomic E-state index is 12.3. The molecule has 2 aromatic carbocycles. The van der Waals surface area contributed by atoms with E-state index in [1.807, 2.05) is 13.0 Å². The predicted octanol–water partition coefficient (Wildman–Crippen LogP) is 2.06. The van der Waals surface area contributed by atoms with E-state index in [1.165, 1.54) is 12.1 Å². The number of hydrogen-bond donors (Lipinski definition) is 2. The number of hydrogen-bond acceptors (Lipinski definition) is 5. The Labute approximate surface area is 170 Å². The summed E-state index contributed by atoms with van der Waals surface area (Å²) in [5.41, 5.74) is 2.63. The van der Waals surface area contributed by atoms with E-state index >= 15 is 0 Å². The molecule has 0 aromatic heterocycles. The van der Waals surface area contributed by atoms with Gasteiger partial charge in [-0.05, 0) is 48.9 Å². The maximum Gasteiger partial charge on any atom is 0.238 e. The summed E-state index contributed by atoms with van der Waals surface area (Å²) in [5, 5.41) is 8.63. The molecule has 0 radical (unpaired) electrons. The van der Waals surface area contributed by atoms with Gasteiger partial charge in [0, 0.05) is 42.6 Å². The van der Waals surface area contributed by atoms with Crippen LogP contribution >= 0.6 is 11.6 Å². The number of sulfonamides is 1. The van der Waals surface area contributed by atoms with Gasteiger partial charge in [-0.1, -0.05) is 17.7 Å². The van der Waals surface area contributed by atoms with Crippen LogP contribution in [0.25, 0.3) is 0 Å². The molecule has 1 amide bonds. The molecule has 9 heteroatoms. The van der Waals surface area contributed by atoms with Crippen molar-refractivity contribution in [3.63, 3.8) is 0 Å². The molecule has 7 nitrogen and oxygen atoms in total. The standard InChI is InChI=1S/C19H23ClN4O3S/c1-14-2-3-15(20)12-18(14)22-19(25)13-23-8-10-24(11-9-23)16-4-6-17(7-5-16)28(21,26)27/h2-7,12H,8-11,13H2,1H3,(H,22,25)(H2,21,26,27). The molecular formula is C19H23ClN4O3S. The highest BCUT2D eigenvalue weighted by molar-refractivity contribution is 7.89. The molecule has 3 N–H and O–H groups in total. The van der Waals surface area contributed by atoms with Gasteiger partial charge in [-0.15, -0.1) is 0 Å². The van der Waals surface area contributed by atoms with Crippen molar-refractivity contribution < 1.29 is 13.2 Å². The lowest BCUT2D eigenvalue weighted by molar-refractivity contribution is -0.117. The number of piperazine rings is 1. The van der Waals surface area contributed by atoms with Crippen LogP contribution in [0, 0.1) is 6.92 Å². The first-order valence-corrected chi connectivity index (χ1v) is 10.8. The summed E-state index contributed by atoms with van der Waals surface area (Å²) in [6.07, 6.45) is 0. The van der Waals surface area contributed by atoms with Crippen molar-refractivity contribution in [3.05, 3.63) is 53.1 Å². The summed E-state index contributed by atoms with van der Waals surface area (Å²) >= 11 is 5.99. The zero-order chi connectivity index (χ0) is 20.3. The third-order valence-corrected chi connectivity index (χ3v) is 5.91. The summed E-state index contributed by atoms with van der Waals surface area (Å²) < 4.78 is 22.7. The van der Waals surface area contributed by atoms with Gasteiger partial charge in [-0.3, -0.25) is 9.69 Å². The number of amides is 1. The van der Waals surface area contributed by atoms with Crippen LogP contribution in [0.4, 0.5) is 11.4 Å². The molecule has 0 saturated carbocycles. The second kappa shape index (κ2) is 8.48. The van der Waals surface area contributed by atoms with Crippen LogP contribution in [0.15, 0.2) is 47.4 Å². The molecular weight excluding hydrogens is 400 g/mol. The van der Waals surface area contributed by atoms with Gasteiger partial charge in [-0.2, -0.15) is 0 Å². The smallest absolute Gasteiger partial charge is 0.238 e. The molecule has 0 spiro atoms. The Morgan fingerprint density at radius 1 is 1.11 bits per heavy atom. The lowest BCUT2D eigenvalue weighted by Crippen LogP contribution is -2.48. The molecule has 2 aromatic rings. The Bertz CT molecular complexity index is 956. The van der Waals surface area contributed by atoms with E-state index in [-0.39, 0.29) is 10.8 Å². The van der Waals surface area contributed by atoms with E-state index in [4.69, 9.17) is 16.7 Å². The highest BCUT2D eigenvalue weighted by atomic mass is 35.5. The van der Waals surface area contributed by atoms with Crippen LogP contribution < -0.4 is 15.4 Å². The van der Waals surface area contributed by atoms with Crippen LogP contribution in [0.1, 0.15) is 5.56 Å². The van der Waals surface area contributed by atoms with Gasteiger partial charge >= 0.3 is 0 Å². The SMILES string of the molecule is Cc1ccc(Cl)cc1NC(=O)CN1CCN(c2ccc(S(N)(=O)=O)cc2)CC1. The largest absolute Gasteiger partial charge is 0.369 e. The number of carbonyl (C=O) groups is 1. The molecule has 28 heavy (non-hydrogen) atoms. The summed E-state index contributed by atoms with van der Waals surface area (Å²) in [6.45, 7) is 5.20. The molecule has 3 rings (SSSR count). The number of primary sulfonamides is 1. The molecule has 1 fully saturated rings. The number of anilines is 2. The van der Waals surface area contributed by atoms with Crippen molar-refractivity contribution in [1.29, 1.82) is 0 Å². The van der Waals surface area contributed by atoms with Crippen molar-refractivity contribution in [1.82, 2.24) is 4.90 Å². The van der Waals surface area contributed by atoms with Crippen molar-refractivity contribution in [2.24, 2.45) is 5.14 Å². The van der Waals surface area contributed by atoms with Gasteiger partial charge in [0.1, 0.15) is 0 Å². The van der Waals surface area contributed by atoms with E-state index in [9.17, 15) is 13.2 Å². The number of rotatable bonds is 5. The topological polar surface area (TPSA) is 95.7 Å². The molecule has 0 aliphatic carbocycles. The first-order chi connectivity index (χ1) is 13.2. The first-order valence-electron chi connectivity index (χ1n) is 8.88. The molecule has 0 atom stereocenters. The normalized spacial score (nSPS) is 15.5. The zero-order valence-corrected chi connectivity index (χ0v) is 17.1. The fourth-order valence-corrected chi connectivity index (χ4v) is 3.82. The molecule has 150 valence electrons. The minimum Gasteiger partial charge on any atom is -0.369 e. The van der Waals surface area contributed by atoms with Crippen molar-refractivity contribution in [3.8, 4) is 0 Å². The van der Waals surface area contributed by atoms with Crippen molar-refractivity contribution in [2.75, 3.05) is 42.9 Å². The van der Waals surface area contributed by atoms with Crippen LogP contribution in [0.5, 0.6) is 0 Å². The van der Waals surface area contributed by atoms with Gasteiger partial charge in [0.05, 0.1) is 11.4 Å². The average Bonchev–Trinajstić information content (AvgIpc) is 2.65. The monoisotopic (exact) mass is 422 g/mol. The number of nitrogens with one attached hydrogen (secondary N) is 1. The third kappa shape index (κ3) is 5.23. The van der Waals surface area contributed by atoms with Gasteiger partial charge in [-0.25, -0.2) is 13.6 Å². The highest BCUT2D eigenvalue weighted by Gasteiger charge is 2.20. The second-order valence-electron chi connectivity index (χ2n) is 6.81. The quantitative estimate of drug-likeness (QED) is 0.768. The summed E-state index contributed by atoms with van der Waals surface area (Å²) in [7, 11) is -3.68. The zero-order valence-electron chi connectivity index (χ0n) is 15.6. The van der Waals surface area contributed by atoms with Crippen LogP contribution in [-0.4, -0.2) is 51.9 Å². The summed E-state index contributed by atoms with van der Waals surface area (Å²) in [5.74, 6) is -0.0729. The Balaban J connectivity index is 1.52. The molecule has 1 heterocycles. The van der Waals surface area contributed by atoms with Crippen molar-refractivity contribution in [2.45, 2.75) is 11.8 Å². The van der Waals surface area contributed by atoms with E-state index < -0.39 is 10.0 Å². The van der Waals surface area contributed by atoms with Gasteiger partial charge < -0.3 is 10.2 Å². The fraction of sp³-hybridized carbons (Fsp3) is 0.316. The number of aryl methyl sites for hydroxylation is 1. The Hall–Kier alpha value is -2.13. The number of halogens is 1. The Kier molecular flexibility index (Phi) is 6.24. The molecule has 0 unspecified atom stereocenters. The molecule has 1 aliphatic heterocycles. The summed E-state index contributed by atoms with van der Waals surface area (Å²) in [4.78, 5) is 16.7. The lowest BCUT2D eigenvalue weighted by atomic mass is 10.2. The average molecular weight is 423 g/mol. The number of nitrogens with two attached hydrogens (primary N) is 1. The van der Waals surface area contributed by atoms with Crippen LogP contribution in [0.3, 0.4) is 0 Å². The van der Waals surface area contributed by atoms with Gasteiger partial charge in [0.2, 0.25) is 15.9 Å². The second-order valence-corrected chi connectivity index (χ2v) is 8.81. The first kappa shape index (κ1) is 20.6. The molecule has 1 saturated heterocycles. The molecule has 1 aliphatic rings. The lowest BCUT2D eigenvalue weighted by Gasteiger charge is -2.35. The number of benzene rings is 2. The minimum atomic E-state index is -3.68. The predicted molar refractivity (Wildman–Crippen MR) is 111 cm³/mol. The van der Waals surface area contributed by atoms with Crippen LogP contribution in [0.2, 0.25) is 5.02 Å². The van der Waals surface area contributed by atoms with E-state index in [1.54, 1.807) is 24.3 Å². The third-order valence-electron chi connectivity index (χ3n) is 4.74. The fourth-order valence-electron chi connectivity index (χ4n) is 3.13. The highest BCUT2D eigenvalue weighted by Crippen LogP contribution is 2.21. The van der Waals surface area contributed by atoms with Crippen molar-refractivity contribution >= 4 is 38.9 Å². The minimum absolute atomic E-state index is 0.0729. The Morgan fingerprint density at radius 2 is 1.75 bits per heavy atom. The van der Waals surface area contributed by atoms with E-state index in [0.717, 1.165) is 43.1 Å². The van der Waals surface area contributed by atoms with E-state index in [0.29, 0.717) is 11.6 Å².